The Morgan fingerprint density at radius 2 is 1.84 bits per heavy atom. The van der Waals surface area contributed by atoms with Crippen molar-refractivity contribution in [3.8, 4) is 23.0 Å². The predicted molar refractivity (Wildman–Crippen MR) is 118 cm³/mol. The van der Waals surface area contributed by atoms with Crippen molar-refractivity contribution < 1.29 is 24.1 Å². The SMILES string of the molecule is COc1ccc(CN2CCN(Cc3cc(OC)c4c(c3)OCO4)CC2CCO)cc1C. The van der Waals surface area contributed by atoms with Crippen LogP contribution in [0, 0.1) is 6.92 Å². The zero-order valence-electron chi connectivity index (χ0n) is 18.6. The largest absolute Gasteiger partial charge is 0.496 e. The van der Waals surface area contributed by atoms with Crippen molar-refractivity contribution in [1.82, 2.24) is 9.80 Å². The third-order valence-electron chi connectivity index (χ3n) is 6.12. The van der Waals surface area contributed by atoms with Gasteiger partial charge >= 0.3 is 0 Å². The lowest BCUT2D eigenvalue weighted by atomic mass is 10.0. The molecule has 1 saturated heterocycles. The van der Waals surface area contributed by atoms with Gasteiger partial charge in [0.2, 0.25) is 12.5 Å². The first-order chi connectivity index (χ1) is 15.1. The molecule has 1 atom stereocenters. The van der Waals surface area contributed by atoms with Crippen LogP contribution in [0.1, 0.15) is 23.1 Å². The van der Waals surface area contributed by atoms with E-state index in [-0.39, 0.29) is 13.4 Å². The van der Waals surface area contributed by atoms with Gasteiger partial charge in [-0.2, -0.15) is 0 Å². The predicted octanol–water partition coefficient (Wildman–Crippen LogP) is 2.81. The maximum absolute atomic E-state index is 9.66. The minimum Gasteiger partial charge on any atom is -0.496 e. The number of fused-ring (bicyclic) bond motifs is 1. The van der Waals surface area contributed by atoms with Gasteiger partial charge in [0.15, 0.2) is 11.5 Å². The Morgan fingerprint density at radius 3 is 2.58 bits per heavy atom. The van der Waals surface area contributed by atoms with Gasteiger partial charge in [0.25, 0.3) is 0 Å². The van der Waals surface area contributed by atoms with Gasteiger partial charge in [-0.1, -0.05) is 12.1 Å². The molecule has 31 heavy (non-hydrogen) atoms. The van der Waals surface area contributed by atoms with Crippen molar-refractivity contribution in [2.75, 3.05) is 47.3 Å². The number of hydrogen-bond acceptors (Lipinski definition) is 7. The maximum atomic E-state index is 9.66. The van der Waals surface area contributed by atoms with Crippen molar-refractivity contribution in [1.29, 1.82) is 0 Å². The van der Waals surface area contributed by atoms with Gasteiger partial charge < -0.3 is 24.1 Å². The van der Waals surface area contributed by atoms with Crippen LogP contribution in [0.25, 0.3) is 0 Å². The number of rotatable bonds is 8. The molecule has 1 unspecified atom stereocenters. The minimum atomic E-state index is 0.189. The number of aryl methyl sites for hydroxylation is 1. The Bertz CT molecular complexity index is 904. The molecule has 0 aromatic heterocycles. The fourth-order valence-electron chi connectivity index (χ4n) is 4.54. The standard InChI is InChI=1S/C24H32N2O5/c1-17-10-18(4-5-21(17)28-2)14-26-8-7-25(15-20(26)6-9-27)13-19-11-22(29-3)24-23(12-19)30-16-31-24/h4-5,10-12,20,27H,6-9,13-16H2,1-3H3. The fourth-order valence-corrected chi connectivity index (χ4v) is 4.54. The number of nitrogens with zero attached hydrogens (tertiary/aromatic N) is 2. The molecule has 7 nitrogen and oxygen atoms in total. The molecular weight excluding hydrogens is 396 g/mol. The van der Waals surface area contributed by atoms with E-state index in [4.69, 9.17) is 18.9 Å². The zero-order valence-corrected chi connectivity index (χ0v) is 18.6. The Kier molecular flexibility index (Phi) is 6.85. The highest BCUT2D eigenvalue weighted by molar-refractivity contribution is 5.55. The van der Waals surface area contributed by atoms with E-state index in [1.807, 2.05) is 18.2 Å². The second kappa shape index (κ2) is 9.77. The summed E-state index contributed by atoms with van der Waals surface area (Å²) >= 11 is 0. The smallest absolute Gasteiger partial charge is 0.231 e. The van der Waals surface area contributed by atoms with E-state index in [0.717, 1.165) is 61.8 Å². The molecule has 0 spiro atoms. The average molecular weight is 429 g/mol. The van der Waals surface area contributed by atoms with Gasteiger partial charge in [-0.25, -0.2) is 0 Å². The molecule has 0 bridgehead atoms. The highest BCUT2D eigenvalue weighted by Crippen LogP contribution is 2.42. The van der Waals surface area contributed by atoms with Crippen LogP contribution in [0.5, 0.6) is 23.0 Å². The molecule has 0 aliphatic carbocycles. The van der Waals surface area contributed by atoms with Gasteiger partial charge in [-0.3, -0.25) is 9.80 Å². The molecule has 168 valence electrons. The van der Waals surface area contributed by atoms with E-state index in [1.54, 1.807) is 14.2 Å². The molecule has 2 heterocycles. The number of benzene rings is 2. The molecule has 0 amide bonds. The lowest BCUT2D eigenvalue weighted by molar-refractivity contribution is 0.0499. The van der Waals surface area contributed by atoms with Gasteiger partial charge in [0.05, 0.1) is 14.2 Å². The highest BCUT2D eigenvalue weighted by Gasteiger charge is 2.28. The summed E-state index contributed by atoms with van der Waals surface area (Å²) in [6.07, 6.45) is 0.760. The van der Waals surface area contributed by atoms with E-state index < -0.39 is 0 Å². The number of piperazine rings is 1. The molecule has 2 aromatic rings. The van der Waals surface area contributed by atoms with Crippen LogP contribution in [0.3, 0.4) is 0 Å². The third kappa shape index (κ3) is 4.89. The lowest BCUT2D eigenvalue weighted by Gasteiger charge is -2.41. The molecule has 2 aliphatic rings. The van der Waals surface area contributed by atoms with Crippen molar-refractivity contribution in [2.24, 2.45) is 0 Å². The van der Waals surface area contributed by atoms with Crippen LogP contribution in [-0.4, -0.2) is 68.2 Å². The zero-order chi connectivity index (χ0) is 21.8. The maximum Gasteiger partial charge on any atom is 0.231 e. The number of aliphatic hydroxyl groups is 1. The fraction of sp³-hybridized carbons (Fsp3) is 0.500. The molecule has 4 rings (SSSR count). The van der Waals surface area contributed by atoms with Crippen LogP contribution < -0.4 is 18.9 Å². The third-order valence-corrected chi connectivity index (χ3v) is 6.12. The minimum absolute atomic E-state index is 0.189. The topological polar surface area (TPSA) is 63.6 Å². The second-order valence-electron chi connectivity index (χ2n) is 8.21. The monoisotopic (exact) mass is 428 g/mol. The van der Waals surface area contributed by atoms with E-state index in [1.165, 1.54) is 5.56 Å². The summed E-state index contributed by atoms with van der Waals surface area (Å²) in [6, 6.07) is 10.7. The lowest BCUT2D eigenvalue weighted by Crippen LogP contribution is -2.52. The van der Waals surface area contributed by atoms with Crippen LogP contribution in [0.4, 0.5) is 0 Å². The van der Waals surface area contributed by atoms with E-state index in [0.29, 0.717) is 17.5 Å². The Morgan fingerprint density at radius 1 is 1.00 bits per heavy atom. The van der Waals surface area contributed by atoms with Crippen molar-refractivity contribution in [2.45, 2.75) is 32.5 Å². The molecule has 0 saturated carbocycles. The first-order valence-electron chi connectivity index (χ1n) is 10.8. The van der Waals surface area contributed by atoms with Crippen molar-refractivity contribution in [3.05, 3.63) is 47.0 Å². The van der Waals surface area contributed by atoms with Gasteiger partial charge in [0, 0.05) is 45.4 Å². The Labute approximate surface area is 184 Å². The van der Waals surface area contributed by atoms with E-state index in [2.05, 4.69) is 28.9 Å². The van der Waals surface area contributed by atoms with Crippen molar-refractivity contribution >= 4 is 0 Å². The van der Waals surface area contributed by atoms with Gasteiger partial charge in [0.1, 0.15) is 5.75 Å². The Balaban J connectivity index is 1.43. The van der Waals surface area contributed by atoms with Gasteiger partial charge in [-0.05, 0) is 48.2 Å². The summed E-state index contributed by atoms with van der Waals surface area (Å²) in [5.74, 6) is 3.06. The molecule has 7 heteroatoms. The quantitative estimate of drug-likeness (QED) is 0.694. The second-order valence-corrected chi connectivity index (χ2v) is 8.21. The van der Waals surface area contributed by atoms with Crippen LogP contribution in [0.15, 0.2) is 30.3 Å². The molecule has 1 N–H and O–H groups in total. The highest BCUT2D eigenvalue weighted by atomic mass is 16.7. The Hall–Kier alpha value is -2.48. The molecular formula is C24H32N2O5. The summed E-state index contributed by atoms with van der Waals surface area (Å²) in [6.45, 7) is 7.01. The van der Waals surface area contributed by atoms with E-state index in [9.17, 15) is 5.11 Å². The van der Waals surface area contributed by atoms with Crippen LogP contribution >= 0.6 is 0 Å². The summed E-state index contributed by atoms with van der Waals surface area (Å²) in [5, 5.41) is 9.66. The van der Waals surface area contributed by atoms with Crippen LogP contribution in [0.2, 0.25) is 0 Å². The normalized spacial score (nSPS) is 18.9. The molecule has 0 radical (unpaired) electrons. The molecule has 2 aromatic carbocycles. The number of aliphatic hydroxyl groups excluding tert-OH is 1. The molecule has 2 aliphatic heterocycles. The summed E-state index contributed by atoms with van der Waals surface area (Å²) in [7, 11) is 3.35. The van der Waals surface area contributed by atoms with Crippen molar-refractivity contribution in [3.63, 3.8) is 0 Å². The van der Waals surface area contributed by atoms with E-state index >= 15 is 0 Å². The van der Waals surface area contributed by atoms with Gasteiger partial charge in [-0.15, -0.1) is 0 Å². The first kappa shape index (κ1) is 21.7. The molecule has 1 fully saturated rings. The summed E-state index contributed by atoms with van der Waals surface area (Å²) in [4.78, 5) is 4.92. The summed E-state index contributed by atoms with van der Waals surface area (Å²) in [5.41, 5.74) is 3.56. The first-order valence-corrected chi connectivity index (χ1v) is 10.8. The number of hydrogen-bond donors (Lipinski definition) is 1. The number of ether oxygens (including phenoxy) is 4. The summed E-state index contributed by atoms with van der Waals surface area (Å²) < 4.78 is 21.9. The average Bonchev–Trinajstić information content (AvgIpc) is 3.24. The number of methoxy groups -OCH3 is 2. The van der Waals surface area contributed by atoms with Crippen LogP contribution in [-0.2, 0) is 13.1 Å².